The molecule has 0 saturated heterocycles. The molecule has 1 aromatic carbocycles. The fourth-order valence-corrected chi connectivity index (χ4v) is 1.58. The van der Waals surface area contributed by atoms with Gasteiger partial charge in [-0.3, -0.25) is 4.79 Å². The molecule has 0 aliphatic heterocycles. The third-order valence-electron chi connectivity index (χ3n) is 1.80. The summed E-state index contributed by atoms with van der Waals surface area (Å²) in [5.74, 6) is -1.16. The number of anilines is 1. The number of halogens is 5. The Balaban J connectivity index is 2.53. The first kappa shape index (κ1) is 15.9. The summed E-state index contributed by atoms with van der Waals surface area (Å²) in [5, 5.41) is 11.3. The van der Waals surface area contributed by atoms with Gasteiger partial charge >= 0.3 is 6.18 Å². The summed E-state index contributed by atoms with van der Waals surface area (Å²) in [7, 11) is 0. The van der Waals surface area contributed by atoms with E-state index in [2.05, 4.69) is 10.1 Å². The Morgan fingerprint density at radius 2 is 1.84 bits per heavy atom. The Morgan fingerprint density at radius 3 is 2.32 bits per heavy atom. The molecule has 4 nitrogen and oxygen atoms in total. The highest BCUT2D eigenvalue weighted by atomic mass is 35.5. The summed E-state index contributed by atoms with van der Waals surface area (Å²) in [6, 6.07) is 2.40. The van der Waals surface area contributed by atoms with Gasteiger partial charge < -0.3 is 15.2 Å². The number of carbonyl (C=O) groups is 1. The van der Waals surface area contributed by atoms with E-state index in [0.29, 0.717) is 0 Å². The minimum Gasteiger partial charge on any atom is -0.505 e. The van der Waals surface area contributed by atoms with Crippen LogP contribution in [0.3, 0.4) is 0 Å². The number of benzene rings is 1. The van der Waals surface area contributed by atoms with Crippen LogP contribution in [0.25, 0.3) is 0 Å². The summed E-state index contributed by atoms with van der Waals surface area (Å²) < 4.78 is 39.5. The van der Waals surface area contributed by atoms with Crippen LogP contribution < -0.4 is 5.32 Å². The number of rotatable bonds is 4. The smallest absolute Gasteiger partial charge is 0.411 e. The lowest BCUT2D eigenvalue weighted by Gasteiger charge is -2.09. The van der Waals surface area contributed by atoms with Gasteiger partial charge in [-0.05, 0) is 12.1 Å². The van der Waals surface area contributed by atoms with Gasteiger partial charge in [0.25, 0.3) is 0 Å². The minimum atomic E-state index is -4.49. The molecule has 0 aromatic heterocycles. The van der Waals surface area contributed by atoms with Gasteiger partial charge in [-0.1, -0.05) is 23.2 Å². The van der Waals surface area contributed by atoms with Gasteiger partial charge in [0.05, 0.1) is 10.0 Å². The number of phenols is 1. The molecule has 0 aliphatic rings. The van der Waals surface area contributed by atoms with Crippen LogP contribution in [0.2, 0.25) is 10.0 Å². The molecule has 0 bridgehead atoms. The summed E-state index contributed by atoms with van der Waals surface area (Å²) in [6.45, 7) is -2.28. The molecule has 0 unspecified atom stereocenters. The van der Waals surface area contributed by atoms with Gasteiger partial charge in [-0.25, -0.2) is 0 Å². The molecule has 0 radical (unpaired) electrons. The molecule has 0 spiro atoms. The number of aromatic hydroxyl groups is 1. The zero-order valence-corrected chi connectivity index (χ0v) is 10.7. The number of hydrogen-bond acceptors (Lipinski definition) is 3. The number of hydrogen-bond donors (Lipinski definition) is 2. The number of phenolic OH excluding ortho intramolecular Hbond substituents is 1. The predicted octanol–water partition coefficient (Wildman–Crippen LogP) is 3.22. The highest BCUT2D eigenvalue weighted by molar-refractivity contribution is 6.37. The molecular weight excluding hydrogens is 310 g/mol. The van der Waals surface area contributed by atoms with E-state index < -0.39 is 25.3 Å². The minimum absolute atomic E-state index is 0.0981. The molecule has 19 heavy (non-hydrogen) atoms. The lowest BCUT2D eigenvalue weighted by molar-refractivity contribution is -0.174. The fraction of sp³-hybridized carbons (Fsp3) is 0.300. The van der Waals surface area contributed by atoms with Crippen molar-refractivity contribution in [3.63, 3.8) is 0 Å². The average molecular weight is 318 g/mol. The fourth-order valence-electron chi connectivity index (χ4n) is 1.09. The van der Waals surface area contributed by atoms with E-state index in [1.165, 1.54) is 12.1 Å². The quantitative estimate of drug-likeness (QED) is 0.838. The van der Waals surface area contributed by atoms with E-state index in [-0.39, 0.29) is 21.5 Å². The normalized spacial score (nSPS) is 11.4. The Labute approximate surface area is 116 Å². The van der Waals surface area contributed by atoms with Gasteiger partial charge in [0, 0.05) is 5.69 Å². The molecule has 2 N–H and O–H groups in total. The van der Waals surface area contributed by atoms with E-state index in [9.17, 15) is 23.1 Å². The zero-order valence-electron chi connectivity index (χ0n) is 9.22. The lowest BCUT2D eigenvalue weighted by atomic mass is 10.3. The molecule has 0 saturated carbocycles. The van der Waals surface area contributed by atoms with Gasteiger partial charge in [-0.2, -0.15) is 13.2 Å². The van der Waals surface area contributed by atoms with Crippen LogP contribution in [-0.4, -0.2) is 30.4 Å². The summed E-state index contributed by atoms with van der Waals surface area (Å²) >= 11 is 11.2. The van der Waals surface area contributed by atoms with Crippen molar-refractivity contribution in [3.05, 3.63) is 22.2 Å². The molecule has 0 heterocycles. The second-order valence-electron chi connectivity index (χ2n) is 3.44. The summed E-state index contributed by atoms with van der Waals surface area (Å²) in [5.41, 5.74) is 0.133. The Hall–Kier alpha value is -1.18. The van der Waals surface area contributed by atoms with Crippen molar-refractivity contribution in [3.8, 4) is 5.75 Å². The van der Waals surface area contributed by atoms with Crippen LogP contribution in [0.1, 0.15) is 0 Å². The first-order valence-electron chi connectivity index (χ1n) is 4.81. The lowest BCUT2D eigenvalue weighted by Crippen LogP contribution is -2.23. The van der Waals surface area contributed by atoms with Gasteiger partial charge in [0.1, 0.15) is 13.2 Å². The van der Waals surface area contributed by atoms with E-state index in [1.807, 2.05) is 0 Å². The van der Waals surface area contributed by atoms with Crippen molar-refractivity contribution in [2.45, 2.75) is 6.18 Å². The molecule has 9 heteroatoms. The van der Waals surface area contributed by atoms with Crippen molar-refractivity contribution in [1.82, 2.24) is 0 Å². The van der Waals surface area contributed by atoms with E-state index in [4.69, 9.17) is 23.2 Å². The third kappa shape index (κ3) is 5.54. The standard InChI is InChI=1S/C10H8Cl2F3NO3/c11-6-1-5(2-7(12)9(6)18)16-8(17)3-19-4-10(13,14)15/h1-2,18H,3-4H2,(H,16,17). The van der Waals surface area contributed by atoms with Crippen LogP contribution in [0, 0.1) is 0 Å². The van der Waals surface area contributed by atoms with Crippen molar-refractivity contribution in [2.75, 3.05) is 18.5 Å². The molecule has 0 fully saturated rings. The van der Waals surface area contributed by atoms with Gasteiger partial charge in [0.15, 0.2) is 5.75 Å². The van der Waals surface area contributed by atoms with Crippen LogP contribution in [-0.2, 0) is 9.53 Å². The first-order valence-corrected chi connectivity index (χ1v) is 5.57. The molecule has 1 aromatic rings. The number of alkyl halides is 3. The van der Waals surface area contributed by atoms with Crippen molar-refractivity contribution in [2.24, 2.45) is 0 Å². The number of nitrogens with one attached hydrogen (secondary N) is 1. The Kier molecular flexibility index (Phi) is 5.28. The predicted molar refractivity (Wildman–Crippen MR) is 63.6 cm³/mol. The van der Waals surface area contributed by atoms with Crippen LogP contribution in [0.15, 0.2) is 12.1 Å². The SMILES string of the molecule is O=C(COCC(F)(F)F)Nc1cc(Cl)c(O)c(Cl)c1. The maximum absolute atomic E-state index is 11.8. The van der Waals surface area contributed by atoms with Crippen LogP contribution in [0.4, 0.5) is 18.9 Å². The monoisotopic (exact) mass is 317 g/mol. The maximum Gasteiger partial charge on any atom is 0.411 e. The molecule has 0 atom stereocenters. The average Bonchev–Trinajstić information content (AvgIpc) is 2.23. The number of carbonyl (C=O) groups excluding carboxylic acids is 1. The Bertz CT molecular complexity index is 457. The first-order chi connectivity index (χ1) is 8.69. The summed E-state index contributed by atoms with van der Waals surface area (Å²) in [4.78, 5) is 11.3. The highest BCUT2D eigenvalue weighted by Gasteiger charge is 2.27. The Morgan fingerprint density at radius 1 is 1.32 bits per heavy atom. The van der Waals surface area contributed by atoms with Crippen molar-refractivity contribution < 1.29 is 27.8 Å². The molecule has 106 valence electrons. The molecule has 1 rings (SSSR count). The van der Waals surface area contributed by atoms with Crippen LogP contribution in [0.5, 0.6) is 5.75 Å². The van der Waals surface area contributed by atoms with E-state index in [0.717, 1.165) is 0 Å². The molecular formula is C10H8Cl2F3NO3. The van der Waals surface area contributed by atoms with Crippen molar-refractivity contribution >= 4 is 34.8 Å². The van der Waals surface area contributed by atoms with E-state index >= 15 is 0 Å². The van der Waals surface area contributed by atoms with Gasteiger partial charge in [-0.15, -0.1) is 0 Å². The third-order valence-corrected chi connectivity index (χ3v) is 2.38. The second kappa shape index (κ2) is 6.31. The zero-order chi connectivity index (χ0) is 14.6. The largest absolute Gasteiger partial charge is 0.505 e. The highest BCUT2D eigenvalue weighted by Crippen LogP contribution is 2.34. The van der Waals surface area contributed by atoms with Gasteiger partial charge in [0.2, 0.25) is 5.91 Å². The topological polar surface area (TPSA) is 58.6 Å². The molecule has 0 aliphatic carbocycles. The number of amides is 1. The second-order valence-corrected chi connectivity index (χ2v) is 4.26. The summed E-state index contributed by atoms with van der Waals surface area (Å²) in [6.07, 6.45) is -4.49. The number of ether oxygens (including phenoxy) is 1. The molecule has 1 amide bonds. The van der Waals surface area contributed by atoms with Crippen molar-refractivity contribution in [1.29, 1.82) is 0 Å². The van der Waals surface area contributed by atoms with E-state index in [1.54, 1.807) is 0 Å². The van der Waals surface area contributed by atoms with Crippen LogP contribution >= 0.6 is 23.2 Å². The maximum atomic E-state index is 11.8.